The third-order valence-corrected chi connectivity index (χ3v) is 7.28. The molecule has 0 radical (unpaired) electrons. The maximum absolute atomic E-state index is 13.4. The molecule has 0 spiro atoms. The lowest BCUT2D eigenvalue weighted by Gasteiger charge is -2.35. The third-order valence-electron chi connectivity index (χ3n) is 5.48. The lowest BCUT2D eigenvalue weighted by atomic mass is 9.98. The van der Waals surface area contributed by atoms with Crippen molar-refractivity contribution in [1.29, 1.82) is 0 Å². The lowest BCUT2D eigenvalue weighted by molar-refractivity contribution is -0.117. The van der Waals surface area contributed by atoms with Crippen LogP contribution in [0.25, 0.3) is 0 Å². The summed E-state index contributed by atoms with van der Waals surface area (Å²) in [6.45, 7) is 4.16. The Bertz CT molecular complexity index is 1230. The summed E-state index contributed by atoms with van der Waals surface area (Å²) in [5.74, 6) is 0.0780. The summed E-state index contributed by atoms with van der Waals surface area (Å²) < 4.78 is 33.8. The quantitative estimate of drug-likeness (QED) is 0.515. The molecule has 0 bridgehead atoms. The number of para-hydroxylation sites is 1. The monoisotopic (exact) mass is 463 g/mol. The van der Waals surface area contributed by atoms with Crippen molar-refractivity contribution in [2.24, 2.45) is 0 Å². The van der Waals surface area contributed by atoms with E-state index in [4.69, 9.17) is 4.74 Å². The van der Waals surface area contributed by atoms with Crippen LogP contribution in [0.1, 0.15) is 23.6 Å². The predicted molar refractivity (Wildman–Crippen MR) is 127 cm³/mol. The van der Waals surface area contributed by atoms with Gasteiger partial charge in [-0.2, -0.15) is 0 Å². The number of amides is 1. The summed E-state index contributed by atoms with van der Waals surface area (Å²) in [4.78, 5) is 16.1. The maximum atomic E-state index is 13.4. The van der Waals surface area contributed by atoms with Gasteiger partial charge in [0, 0.05) is 19.0 Å². The van der Waals surface area contributed by atoms with Crippen molar-refractivity contribution in [3.63, 3.8) is 0 Å². The van der Waals surface area contributed by atoms with Crippen LogP contribution in [-0.2, 0) is 21.2 Å². The van der Waals surface area contributed by atoms with Gasteiger partial charge in [-0.3, -0.25) is 9.10 Å². The van der Waals surface area contributed by atoms with Gasteiger partial charge < -0.3 is 10.1 Å². The van der Waals surface area contributed by atoms with Gasteiger partial charge in [0.05, 0.1) is 24.5 Å². The zero-order valence-electron chi connectivity index (χ0n) is 18.1. The van der Waals surface area contributed by atoms with E-state index in [1.807, 2.05) is 42.5 Å². The second-order valence-electron chi connectivity index (χ2n) is 7.61. The summed E-state index contributed by atoms with van der Waals surface area (Å²) in [5, 5.41) is 2.87. The molecule has 8 heteroatoms. The number of nitrogens with zero attached hydrogens (tertiary/aromatic N) is 2. The van der Waals surface area contributed by atoms with Crippen molar-refractivity contribution in [1.82, 2.24) is 10.3 Å². The van der Waals surface area contributed by atoms with Crippen LogP contribution in [-0.4, -0.2) is 32.5 Å². The van der Waals surface area contributed by atoms with E-state index in [-0.39, 0.29) is 23.4 Å². The minimum atomic E-state index is -3.83. The average molecular weight is 464 g/mol. The van der Waals surface area contributed by atoms with Crippen molar-refractivity contribution in [3.05, 3.63) is 96.7 Å². The molecule has 2 aromatic carbocycles. The largest absolute Gasteiger partial charge is 0.477 e. The Morgan fingerprint density at radius 3 is 2.61 bits per heavy atom. The number of ether oxygens (including phenoxy) is 1. The molecule has 0 fully saturated rings. The molecule has 0 aliphatic carbocycles. The van der Waals surface area contributed by atoms with Gasteiger partial charge in [-0.25, -0.2) is 13.4 Å². The van der Waals surface area contributed by atoms with Crippen LogP contribution in [0.2, 0.25) is 0 Å². The molecule has 1 aliphatic heterocycles. The van der Waals surface area contributed by atoms with Crippen LogP contribution in [0.3, 0.4) is 0 Å². The standard InChI is InChI=1S/C25H25N3O4S/c1-2-24(29)27-22-14-16-28(23-11-7-6-10-21(22)23)33(30,31)20-12-13-25(26-18-20)32-17-15-19-8-4-3-5-9-19/h2-13,18,22H,1,14-17H2,(H,27,29). The Hall–Kier alpha value is -3.65. The highest BCUT2D eigenvalue weighted by Gasteiger charge is 2.33. The van der Waals surface area contributed by atoms with E-state index in [2.05, 4.69) is 16.9 Å². The highest BCUT2D eigenvalue weighted by Crippen LogP contribution is 2.37. The summed E-state index contributed by atoms with van der Waals surface area (Å²) in [6.07, 6.45) is 3.71. The molecule has 1 aromatic heterocycles. The van der Waals surface area contributed by atoms with Gasteiger partial charge in [-0.1, -0.05) is 55.1 Å². The van der Waals surface area contributed by atoms with Gasteiger partial charge in [-0.05, 0) is 35.8 Å². The zero-order chi connectivity index (χ0) is 23.3. The van der Waals surface area contributed by atoms with Gasteiger partial charge in [0.15, 0.2) is 0 Å². The summed E-state index contributed by atoms with van der Waals surface area (Å²) >= 11 is 0. The Balaban J connectivity index is 1.48. The van der Waals surface area contributed by atoms with E-state index < -0.39 is 10.0 Å². The van der Waals surface area contributed by atoms with Crippen LogP contribution >= 0.6 is 0 Å². The molecule has 1 N–H and O–H groups in total. The van der Waals surface area contributed by atoms with Crippen molar-refractivity contribution in [2.45, 2.75) is 23.8 Å². The van der Waals surface area contributed by atoms with E-state index in [9.17, 15) is 13.2 Å². The first-order valence-corrected chi connectivity index (χ1v) is 12.1. The number of pyridine rings is 1. The smallest absolute Gasteiger partial charge is 0.265 e. The first-order chi connectivity index (χ1) is 16.0. The van der Waals surface area contributed by atoms with E-state index in [0.717, 1.165) is 17.5 Å². The number of fused-ring (bicyclic) bond motifs is 1. The fraction of sp³-hybridized carbons (Fsp3) is 0.200. The van der Waals surface area contributed by atoms with E-state index in [0.29, 0.717) is 24.6 Å². The van der Waals surface area contributed by atoms with E-state index >= 15 is 0 Å². The normalized spacial score (nSPS) is 15.4. The summed E-state index contributed by atoms with van der Waals surface area (Å²) in [7, 11) is -3.83. The zero-order valence-corrected chi connectivity index (χ0v) is 18.9. The highest BCUT2D eigenvalue weighted by molar-refractivity contribution is 7.92. The molecule has 0 saturated carbocycles. The average Bonchev–Trinajstić information content (AvgIpc) is 2.85. The minimum absolute atomic E-state index is 0.0845. The number of carbonyl (C=O) groups excluding carboxylic acids is 1. The molecular weight excluding hydrogens is 438 g/mol. The molecule has 1 amide bonds. The topological polar surface area (TPSA) is 88.6 Å². The van der Waals surface area contributed by atoms with Gasteiger partial charge in [0.2, 0.25) is 11.8 Å². The predicted octanol–water partition coefficient (Wildman–Crippen LogP) is 3.65. The van der Waals surface area contributed by atoms with Crippen molar-refractivity contribution in [3.8, 4) is 5.88 Å². The number of anilines is 1. The second kappa shape index (κ2) is 9.87. The molecule has 7 nitrogen and oxygen atoms in total. The van der Waals surface area contributed by atoms with Crippen LogP contribution < -0.4 is 14.4 Å². The van der Waals surface area contributed by atoms with Crippen molar-refractivity contribution >= 4 is 21.6 Å². The van der Waals surface area contributed by atoms with Gasteiger partial charge >= 0.3 is 0 Å². The van der Waals surface area contributed by atoms with Gasteiger partial charge in [0.1, 0.15) is 4.90 Å². The molecular formula is C25H25N3O4S. The number of aromatic nitrogens is 1. The van der Waals surface area contributed by atoms with E-state index in [1.165, 1.54) is 22.6 Å². The molecule has 1 aliphatic rings. The summed E-state index contributed by atoms with van der Waals surface area (Å²) in [5.41, 5.74) is 2.45. The molecule has 0 saturated heterocycles. The number of benzene rings is 2. The Morgan fingerprint density at radius 2 is 1.88 bits per heavy atom. The van der Waals surface area contributed by atoms with Crippen molar-refractivity contribution in [2.75, 3.05) is 17.5 Å². The number of rotatable bonds is 8. The van der Waals surface area contributed by atoms with Gasteiger partial charge in [0.25, 0.3) is 10.0 Å². The van der Waals surface area contributed by atoms with Crippen LogP contribution in [0.5, 0.6) is 5.88 Å². The highest BCUT2D eigenvalue weighted by atomic mass is 32.2. The maximum Gasteiger partial charge on any atom is 0.265 e. The van der Waals surface area contributed by atoms with Gasteiger partial charge in [-0.15, -0.1) is 0 Å². The van der Waals surface area contributed by atoms with Crippen LogP contribution in [0.4, 0.5) is 5.69 Å². The molecule has 1 unspecified atom stereocenters. The molecule has 3 aromatic rings. The fourth-order valence-electron chi connectivity index (χ4n) is 3.81. The Labute approximate surface area is 193 Å². The number of sulfonamides is 1. The molecule has 4 rings (SSSR count). The second-order valence-corrected chi connectivity index (χ2v) is 9.47. The van der Waals surface area contributed by atoms with Crippen molar-refractivity contribution < 1.29 is 17.9 Å². The minimum Gasteiger partial charge on any atom is -0.477 e. The number of carbonyl (C=O) groups is 1. The molecule has 170 valence electrons. The molecule has 2 heterocycles. The summed E-state index contributed by atoms with van der Waals surface area (Å²) in [6, 6.07) is 19.9. The Morgan fingerprint density at radius 1 is 1.12 bits per heavy atom. The Kier molecular flexibility index (Phi) is 6.74. The SMILES string of the molecule is C=CC(=O)NC1CCN(S(=O)(=O)c2ccc(OCCc3ccccc3)nc2)c2ccccc21. The van der Waals surface area contributed by atoms with Crippen LogP contribution in [0.15, 0.2) is 90.5 Å². The number of nitrogens with one attached hydrogen (secondary N) is 1. The number of hydrogen-bond donors (Lipinski definition) is 1. The molecule has 33 heavy (non-hydrogen) atoms. The third kappa shape index (κ3) is 5.06. The first-order valence-electron chi connectivity index (χ1n) is 10.7. The van der Waals surface area contributed by atoms with E-state index in [1.54, 1.807) is 18.2 Å². The fourth-order valence-corrected chi connectivity index (χ4v) is 5.26. The number of hydrogen-bond acceptors (Lipinski definition) is 5. The first kappa shape index (κ1) is 22.5. The molecule has 1 atom stereocenters. The van der Waals surface area contributed by atoms with Crippen LogP contribution in [0, 0.1) is 0 Å². The lowest BCUT2D eigenvalue weighted by Crippen LogP contribution is -2.40.